The second-order valence-corrected chi connectivity index (χ2v) is 3.11. The monoisotopic (exact) mass is 192 g/mol. The maximum absolute atomic E-state index is 10.9. The Hall–Kier alpha value is -1.60. The standard InChI is InChI=1S/C9H8N2OS/c1-2-9(12)11-8(5-10)7-3-4-13-6-7/h2-4,6,8H,1H2,(H,11,12). The number of hydrogen-bond acceptors (Lipinski definition) is 3. The third-order valence-electron chi connectivity index (χ3n) is 1.48. The summed E-state index contributed by atoms with van der Waals surface area (Å²) in [6.07, 6.45) is 1.15. The Morgan fingerprint density at radius 1 is 1.85 bits per heavy atom. The van der Waals surface area contributed by atoms with Crippen molar-refractivity contribution in [1.29, 1.82) is 5.26 Å². The number of nitrogens with one attached hydrogen (secondary N) is 1. The third kappa shape index (κ3) is 2.42. The molecule has 66 valence electrons. The lowest BCUT2D eigenvalue weighted by Gasteiger charge is -2.06. The second-order valence-electron chi connectivity index (χ2n) is 2.33. The Morgan fingerprint density at radius 3 is 3.08 bits per heavy atom. The van der Waals surface area contributed by atoms with Crippen molar-refractivity contribution in [1.82, 2.24) is 5.32 Å². The third-order valence-corrected chi connectivity index (χ3v) is 2.18. The van der Waals surface area contributed by atoms with E-state index >= 15 is 0 Å². The number of rotatable bonds is 3. The molecule has 13 heavy (non-hydrogen) atoms. The molecule has 0 bridgehead atoms. The maximum atomic E-state index is 10.9. The number of thiophene rings is 1. The van der Waals surface area contributed by atoms with Gasteiger partial charge in [0.2, 0.25) is 5.91 Å². The van der Waals surface area contributed by atoms with Gasteiger partial charge in [0, 0.05) is 0 Å². The van der Waals surface area contributed by atoms with Crippen LogP contribution in [0.2, 0.25) is 0 Å². The van der Waals surface area contributed by atoms with E-state index in [1.54, 1.807) is 0 Å². The average Bonchev–Trinajstić information content (AvgIpc) is 2.66. The fraction of sp³-hybridized carbons (Fsp3) is 0.111. The molecule has 0 aliphatic rings. The van der Waals surface area contributed by atoms with E-state index in [0.29, 0.717) is 0 Å². The molecule has 4 heteroatoms. The van der Waals surface area contributed by atoms with Crippen LogP contribution < -0.4 is 5.32 Å². The minimum atomic E-state index is -0.572. The van der Waals surface area contributed by atoms with E-state index < -0.39 is 6.04 Å². The Balaban J connectivity index is 2.71. The molecule has 0 aliphatic heterocycles. The Morgan fingerprint density at radius 2 is 2.62 bits per heavy atom. The molecular formula is C9H8N2OS. The largest absolute Gasteiger partial charge is 0.333 e. The minimum absolute atomic E-state index is 0.335. The summed E-state index contributed by atoms with van der Waals surface area (Å²) < 4.78 is 0. The number of nitriles is 1. The lowest BCUT2D eigenvalue weighted by molar-refractivity contribution is -0.116. The van der Waals surface area contributed by atoms with Crippen LogP contribution in [0.1, 0.15) is 11.6 Å². The van der Waals surface area contributed by atoms with Crippen molar-refractivity contribution in [3.05, 3.63) is 35.0 Å². The van der Waals surface area contributed by atoms with Gasteiger partial charge in [-0.15, -0.1) is 0 Å². The van der Waals surface area contributed by atoms with Crippen LogP contribution in [0.25, 0.3) is 0 Å². The molecule has 0 spiro atoms. The van der Waals surface area contributed by atoms with Crippen LogP contribution >= 0.6 is 11.3 Å². The summed E-state index contributed by atoms with van der Waals surface area (Å²) in [6.45, 7) is 3.31. The number of carbonyl (C=O) groups is 1. The smallest absolute Gasteiger partial charge is 0.244 e. The van der Waals surface area contributed by atoms with Crippen LogP contribution in [-0.4, -0.2) is 5.91 Å². The fourth-order valence-corrected chi connectivity index (χ4v) is 1.52. The maximum Gasteiger partial charge on any atom is 0.244 e. The number of carbonyl (C=O) groups excluding carboxylic acids is 1. The van der Waals surface area contributed by atoms with Gasteiger partial charge in [-0.3, -0.25) is 4.79 Å². The van der Waals surface area contributed by atoms with Gasteiger partial charge >= 0.3 is 0 Å². The molecular weight excluding hydrogens is 184 g/mol. The van der Waals surface area contributed by atoms with E-state index in [1.165, 1.54) is 11.3 Å². The van der Waals surface area contributed by atoms with E-state index in [0.717, 1.165) is 11.6 Å². The van der Waals surface area contributed by atoms with Crippen molar-refractivity contribution in [2.75, 3.05) is 0 Å². The summed E-state index contributed by atoms with van der Waals surface area (Å²) in [5.74, 6) is -0.335. The lowest BCUT2D eigenvalue weighted by Crippen LogP contribution is -2.25. The second kappa shape index (κ2) is 4.43. The van der Waals surface area contributed by atoms with Crippen molar-refractivity contribution in [2.24, 2.45) is 0 Å². The van der Waals surface area contributed by atoms with E-state index in [9.17, 15) is 4.79 Å². The van der Waals surface area contributed by atoms with Gasteiger partial charge in [-0.1, -0.05) is 6.58 Å². The van der Waals surface area contributed by atoms with Crippen LogP contribution in [0.5, 0.6) is 0 Å². The first-order valence-corrected chi connectivity index (χ1v) is 4.57. The Kier molecular flexibility index (Phi) is 3.23. The summed E-state index contributed by atoms with van der Waals surface area (Å²) in [4.78, 5) is 10.9. The van der Waals surface area contributed by atoms with Crippen LogP contribution in [0, 0.1) is 11.3 Å². The zero-order valence-corrected chi connectivity index (χ0v) is 7.67. The number of hydrogen-bond donors (Lipinski definition) is 1. The van der Waals surface area contributed by atoms with Crippen molar-refractivity contribution in [3.63, 3.8) is 0 Å². The first-order valence-electron chi connectivity index (χ1n) is 3.62. The van der Waals surface area contributed by atoms with Crippen molar-refractivity contribution in [3.8, 4) is 6.07 Å². The molecule has 1 aromatic rings. The summed E-state index contributed by atoms with van der Waals surface area (Å²) >= 11 is 1.49. The summed E-state index contributed by atoms with van der Waals surface area (Å²) in [7, 11) is 0. The molecule has 1 aromatic heterocycles. The van der Waals surface area contributed by atoms with Crippen LogP contribution in [0.3, 0.4) is 0 Å². The molecule has 1 unspecified atom stereocenters. The average molecular weight is 192 g/mol. The highest BCUT2D eigenvalue weighted by molar-refractivity contribution is 7.08. The summed E-state index contributed by atoms with van der Waals surface area (Å²) in [6, 6.07) is 3.23. The first-order chi connectivity index (χ1) is 6.27. The molecule has 0 aliphatic carbocycles. The molecule has 0 aromatic carbocycles. The van der Waals surface area contributed by atoms with Gasteiger partial charge < -0.3 is 5.32 Å². The minimum Gasteiger partial charge on any atom is -0.333 e. The molecule has 0 fully saturated rings. The van der Waals surface area contributed by atoms with Crippen molar-refractivity contribution in [2.45, 2.75) is 6.04 Å². The quantitative estimate of drug-likeness (QED) is 0.740. The highest BCUT2D eigenvalue weighted by atomic mass is 32.1. The Bertz CT molecular complexity index is 337. The lowest BCUT2D eigenvalue weighted by atomic mass is 10.2. The first kappa shape index (κ1) is 9.49. The van der Waals surface area contributed by atoms with Gasteiger partial charge in [0.15, 0.2) is 0 Å². The normalized spacial score (nSPS) is 11.3. The van der Waals surface area contributed by atoms with Crippen molar-refractivity contribution < 1.29 is 4.79 Å². The zero-order valence-electron chi connectivity index (χ0n) is 6.86. The molecule has 1 rings (SSSR count). The summed E-state index contributed by atoms with van der Waals surface area (Å²) in [5.41, 5.74) is 0.808. The highest BCUT2D eigenvalue weighted by Crippen LogP contribution is 2.15. The van der Waals surface area contributed by atoms with Gasteiger partial charge in [-0.05, 0) is 28.5 Å². The van der Waals surface area contributed by atoms with E-state index in [2.05, 4.69) is 11.9 Å². The molecule has 3 nitrogen and oxygen atoms in total. The van der Waals surface area contributed by atoms with Crippen LogP contribution in [0.15, 0.2) is 29.5 Å². The predicted molar refractivity (Wildman–Crippen MR) is 51.0 cm³/mol. The van der Waals surface area contributed by atoms with Gasteiger partial charge in [0.1, 0.15) is 6.04 Å². The van der Waals surface area contributed by atoms with Gasteiger partial charge in [0.25, 0.3) is 0 Å². The van der Waals surface area contributed by atoms with Crippen LogP contribution in [-0.2, 0) is 4.79 Å². The van der Waals surface area contributed by atoms with Gasteiger partial charge in [0.05, 0.1) is 6.07 Å². The van der Waals surface area contributed by atoms with E-state index in [1.807, 2.05) is 22.9 Å². The van der Waals surface area contributed by atoms with Gasteiger partial charge in [-0.25, -0.2) is 0 Å². The molecule has 1 amide bonds. The summed E-state index contributed by atoms with van der Waals surface area (Å²) in [5, 5.41) is 14.9. The Labute approximate surface area is 80.3 Å². The molecule has 0 saturated heterocycles. The fourth-order valence-electron chi connectivity index (χ4n) is 0.831. The van der Waals surface area contributed by atoms with E-state index in [4.69, 9.17) is 5.26 Å². The predicted octanol–water partition coefficient (Wildman–Crippen LogP) is 1.61. The molecule has 1 atom stereocenters. The van der Waals surface area contributed by atoms with Crippen LogP contribution in [0.4, 0.5) is 0 Å². The topological polar surface area (TPSA) is 52.9 Å². The zero-order chi connectivity index (χ0) is 9.68. The molecule has 1 heterocycles. The van der Waals surface area contributed by atoms with Crippen molar-refractivity contribution >= 4 is 17.2 Å². The molecule has 0 saturated carbocycles. The van der Waals surface area contributed by atoms with E-state index in [-0.39, 0.29) is 5.91 Å². The van der Waals surface area contributed by atoms with Gasteiger partial charge in [-0.2, -0.15) is 16.6 Å². The highest BCUT2D eigenvalue weighted by Gasteiger charge is 2.11. The number of nitrogens with zero attached hydrogens (tertiary/aromatic N) is 1. The number of amides is 1. The molecule has 1 N–H and O–H groups in total. The molecule has 0 radical (unpaired) electrons. The SMILES string of the molecule is C=CC(=O)NC(C#N)c1ccsc1.